The van der Waals surface area contributed by atoms with E-state index < -0.39 is 0 Å². The smallest absolute Gasteiger partial charge is 0.131 e. The number of aliphatic hydroxyl groups excluding tert-OH is 1. The van der Waals surface area contributed by atoms with E-state index in [1.54, 1.807) is 6.20 Å². The van der Waals surface area contributed by atoms with Crippen molar-refractivity contribution < 1.29 is 5.11 Å². The number of halogens is 1. The minimum absolute atomic E-state index is 0.168. The van der Waals surface area contributed by atoms with Gasteiger partial charge in [-0.15, -0.1) is 0 Å². The molecule has 1 fully saturated rings. The lowest BCUT2D eigenvalue weighted by atomic mass is 9.96. The van der Waals surface area contributed by atoms with Gasteiger partial charge in [0.1, 0.15) is 5.15 Å². The van der Waals surface area contributed by atoms with E-state index in [0.29, 0.717) is 11.1 Å². The Bertz CT molecular complexity index is 345. The first-order chi connectivity index (χ1) is 7.16. The molecular formula is C11H15ClN2O. The summed E-state index contributed by atoms with van der Waals surface area (Å²) >= 11 is 5.84. The van der Waals surface area contributed by atoms with Gasteiger partial charge in [-0.25, -0.2) is 4.98 Å². The fraction of sp³-hybridized carbons (Fsp3) is 0.545. The lowest BCUT2D eigenvalue weighted by Gasteiger charge is -2.35. The third-order valence-electron chi connectivity index (χ3n) is 2.94. The molecular weight excluding hydrogens is 212 g/mol. The molecule has 0 aromatic carbocycles. The molecule has 1 saturated heterocycles. The topological polar surface area (TPSA) is 36.4 Å². The number of hydrogen-bond donors (Lipinski definition) is 1. The van der Waals surface area contributed by atoms with Crippen molar-refractivity contribution in [2.45, 2.75) is 19.4 Å². The predicted molar refractivity (Wildman–Crippen MR) is 61.2 cm³/mol. The van der Waals surface area contributed by atoms with Crippen molar-refractivity contribution in [3.8, 4) is 0 Å². The number of nitrogens with zero attached hydrogens (tertiary/aromatic N) is 2. The van der Waals surface area contributed by atoms with Crippen LogP contribution >= 0.6 is 11.6 Å². The molecule has 4 heteroatoms. The van der Waals surface area contributed by atoms with Gasteiger partial charge in [0.2, 0.25) is 0 Å². The molecule has 1 aliphatic heterocycles. The van der Waals surface area contributed by atoms with E-state index in [0.717, 1.165) is 25.2 Å². The Morgan fingerprint density at radius 2 is 2.40 bits per heavy atom. The zero-order chi connectivity index (χ0) is 10.8. The molecule has 15 heavy (non-hydrogen) atoms. The Balaban J connectivity index is 2.12. The second-order valence-corrected chi connectivity index (χ2v) is 4.50. The predicted octanol–water partition coefficient (Wildman–Crippen LogP) is 1.94. The molecule has 2 rings (SSSR count). The summed E-state index contributed by atoms with van der Waals surface area (Å²) in [4.78, 5) is 6.20. The first kappa shape index (κ1) is 10.7. The zero-order valence-electron chi connectivity index (χ0n) is 8.73. The van der Waals surface area contributed by atoms with Gasteiger partial charge in [0.15, 0.2) is 0 Å². The van der Waals surface area contributed by atoms with Crippen molar-refractivity contribution in [1.82, 2.24) is 4.98 Å². The first-order valence-electron chi connectivity index (χ1n) is 5.21. The highest BCUT2D eigenvalue weighted by atomic mass is 35.5. The van der Waals surface area contributed by atoms with Gasteiger partial charge in [-0.2, -0.15) is 0 Å². The average molecular weight is 227 g/mol. The van der Waals surface area contributed by atoms with Gasteiger partial charge in [-0.3, -0.25) is 0 Å². The van der Waals surface area contributed by atoms with Gasteiger partial charge < -0.3 is 10.0 Å². The highest BCUT2D eigenvalue weighted by molar-refractivity contribution is 6.29. The molecule has 0 aliphatic carbocycles. The van der Waals surface area contributed by atoms with Gasteiger partial charge in [-0.1, -0.05) is 18.5 Å². The van der Waals surface area contributed by atoms with Crippen molar-refractivity contribution in [3.05, 3.63) is 23.5 Å². The maximum Gasteiger partial charge on any atom is 0.131 e. The van der Waals surface area contributed by atoms with E-state index in [2.05, 4.69) is 16.8 Å². The molecule has 0 saturated carbocycles. The molecule has 0 amide bonds. The van der Waals surface area contributed by atoms with Crippen LogP contribution in [0.2, 0.25) is 5.15 Å². The van der Waals surface area contributed by atoms with Crippen LogP contribution < -0.4 is 4.90 Å². The van der Waals surface area contributed by atoms with Crippen LogP contribution in [0.1, 0.15) is 13.3 Å². The average Bonchev–Trinajstić information content (AvgIpc) is 2.22. The maximum absolute atomic E-state index is 9.63. The lowest BCUT2D eigenvalue weighted by molar-refractivity contribution is 0.0971. The van der Waals surface area contributed by atoms with Crippen molar-refractivity contribution in [1.29, 1.82) is 0 Å². The van der Waals surface area contributed by atoms with Crippen LogP contribution in [0.3, 0.4) is 0 Å². The maximum atomic E-state index is 9.63. The van der Waals surface area contributed by atoms with Crippen LogP contribution in [0.25, 0.3) is 0 Å². The molecule has 0 radical (unpaired) electrons. The molecule has 2 heterocycles. The number of aliphatic hydroxyl groups is 1. The third kappa shape index (κ3) is 2.41. The Morgan fingerprint density at radius 3 is 3.07 bits per heavy atom. The van der Waals surface area contributed by atoms with Crippen LogP contribution in [-0.2, 0) is 0 Å². The number of rotatable bonds is 1. The van der Waals surface area contributed by atoms with Gasteiger partial charge in [0.25, 0.3) is 0 Å². The number of piperidine rings is 1. The third-order valence-corrected chi connectivity index (χ3v) is 3.14. The van der Waals surface area contributed by atoms with E-state index in [4.69, 9.17) is 11.6 Å². The normalized spacial score (nSPS) is 26.7. The minimum atomic E-state index is -0.168. The molecule has 1 aromatic rings. The number of pyridine rings is 1. The second kappa shape index (κ2) is 4.37. The number of aromatic nitrogens is 1. The van der Waals surface area contributed by atoms with Crippen molar-refractivity contribution in [2.24, 2.45) is 5.92 Å². The standard InChI is InChI=1S/C11H15ClN2O/c1-8-7-14(5-3-10(8)15)9-2-4-13-11(12)6-9/h2,4,6,8,10,15H,3,5,7H2,1H3. The molecule has 1 aliphatic rings. The van der Waals surface area contributed by atoms with Crippen LogP contribution in [0.15, 0.2) is 18.3 Å². The fourth-order valence-electron chi connectivity index (χ4n) is 1.96. The second-order valence-electron chi connectivity index (χ2n) is 4.12. The SMILES string of the molecule is CC1CN(c2ccnc(Cl)c2)CCC1O. The van der Waals surface area contributed by atoms with Crippen molar-refractivity contribution in [2.75, 3.05) is 18.0 Å². The van der Waals surface area contributed by atoms with E-state index in [9.17, 15) is 5.11 Å². The quantitative estimate of drug-likeness (QED) is 0.744. The molecule has 2 atom stereocenters. The van der Waals surface area contributed by atoms with E-state index in [1.807, 2.05) is 12.1 Å². The number of anilines is 1. The summed E-state index contributed by atoms with van der Waals surface area (Å²) in [5.74, 6) is 0.311. The van der Waals surface area contributed by atoms with Crippen molar-refractivity contribution in [3.63, 3.8) is 0 Å². The molecule has 0 bridgehead atoms. The van der Waals surface area contributed by atoms with Crippen LogP contribution in [-0.4, -0.2) is 29.3 Å². The summed E-state index contributed by atoms with van der Waals surface area (Å²) in [5, 5.41) is 10.2. The lowest BCUT2D eigenvalue weighted by Crippen LogP contribution is -2.41. The highest BCUT2D eigenvalue weighted by Gasteiger charge is 2.24. The monoisotopic (exact) mass is 226 g/mol. The summed E-state index contributed by atoms with van der Waals surface area (Å²) in [5.41, 5.74) is 1.09. The molecule has 1 aromatic heterocycles. The van der Waals surface area contributed by atoms with Crippen LogP contribution in [0, 0.1) is 5.92 Å². The van der Waals surface area contributed by atoms with Gasteiger partial charge in [0.05, 0.1) is 6.10 Å². The van der Waals surface area contributed by atoms with Gasteiger partial charge >= 0.3 is 0 Å². The summed E-state index contributed by atoms with van der Waals surface area (Å²) < 4.78 is 0. The van der Waals surface area contributed by atoms with Gasteiger partial charge in [-0.05, 0) is 24.5 Å². The molecule has 2 unspecified atom stereocenters. The molecule has 82 valence electrons. The van der Waals surface area contributed by atoms with E-state index in [-0.39, 0.29) is 6.10 Å². The highest BCUT2D eigenvalue weighted by Crippen LogP contribution is 2.24. The Labute approximate surface area is 94.7 Å². The molecule has 1 N–H and O–H groups in total. The summed E-state index contributed by atoms with van der Waals surface area (Å²) in [6.45, 7) is 3.83. The first-order valence-corrected chi connectivity index (χ1v) is 5.59. The Hall–Kier alpha value is -0.800. The largest absolute Gasteiger partial charge is 0.393 e. The van der Waals surface area contributed by atoms with Crippen LogP contribution in [0.4, 0.5) is 5.69 Å². The van der Waals surface area contributed by atoms with Crippen LogP contribution in [0.5, 0.6) is 0 Å². The summed E-state index contributed by atoms with van der Waals surface area (Å²) in [7, 11) is 0. The summed E-state index contributed by atoms with van der Waals surface area (Å²) in [6, 6.07) is 3.82. The summed E-state index contributed by atoms with van der Waals surface area (Å²) in [6.07, 6.45) is 2.37. The zero-order valence-corrected chi connectivity index (χ0v) is 9.48. The van der Waals surface area contributed by atoms with E-state index >= 15 is 0 Å². The van der Waals surface area contributed by atoms with E-state index in [1.165, 1.54) is 0 Å². The number of hydrogen-bond acceptors (Lipinski definition) is 3. The molecule has 3 nitrogen and oxygen atoms in total. The minimum Gasteiger partial charge on any atom is -0.393 e. The van der Waals surface area contributed by atoms with Gasteiger partial charge in [0, 0.05) is 25.0 Å². The molecule has 0 spiro atoms. The van der Waals surface area contributed by atoms with Crippen molar-refractivity contribution >= 4 is 17.3 Å². The fourth-order valence-corrected chi connectivity index (χ4v) is 2.12. The Kier molecular flexibility index (Phi) is 3.12. The Morgan fingerprint density at radius 1 is 1.60 bits per heavy atom.